The SMILES string of the molecule is O=C(Nc1cccc2ccccc12)C1CN(S(=O)(=O)c2ccccc2)c2ccccc2O1. The van der Waals surface area contributed by atoms with Crippen molar-refractivity contribution in [1.29, 1.82) is 0 Å². The summed E-state index contributed by atoms with van der Waals surface area (Å²) >= 11 is 0. The van der Waals surface area contributed by atoms with Gasteiger partial charge in [0.15, 0.2) is 6.10 Å². The molecule has 0 aromatic heterocycles. The molecule has 1 amide bonds. The number of nitrogens with zero attached hydrogens (tertiary/aromatic N) is 1. The molecular formula is C25H20N2O4S. The molecule has 0 spiro atoms. The highest BCUT2D eigenvalue weighted by atomic mass is 32.2. The van der Waals surface area contributed by atoms with E-state index in [1.165, 1.54) is 4.31 Å². The summed E-state index contributed by atoms with van der Waals surface area (Å²) in [5.74, 6) is -0.0690. The number of nitrogens with one attached hydrogen (secondary N) is 1. The normalized spacial score (nSPS) is 15.6. The van der Waals surface area contributed by atoms with E-state index in [9.17, 15) is 13.2 Å². The minimum Gasteiger partial charge on any atom is -0.476 e. The van der Waals surface area contributed by atoms with Gasteiger partial charge >= 0.3 is 0 Å². The summed E-state index contributed by atoms with van der Waals surface area (Å²) < 4.78 is 33.9. The molecule has 1 atom stereocenters. The fourth-order valence-corrected chi connectivity index (χ4v) is 5.33. The van der Waals surface area contributed by atoms with Crippen LogP contribution in [-0.4, -0.2) is 27.0 Å². The second kappa shape index (κ2) is 8.01. The van der Waals surface area contributed by atoms with Crippen LogP contribution in [0, 0.1) is 0 Å². The Morgan fingerprint density at radius 2 is 1.53 bits per heavy atom. The fourth-order valence-electron chi connectivity index (χ4n) is 3.83. The molecule has 1 heterocycles. The highest BCUT2D eigenvalue weighted by molar-refractivity contribution is 7.92. The van der Waals surface area contributed by atoms with Crippen molar-refractivity contribution in [3.8, 4) is 5.75 Å². The third kappa shape index (κ3) is 3.56. The first-order valence-corrected chi connectivity index (χ1v) is 11.6. The number of rotatable bonds is 4. The number of amides is 1. The first kappa shape index (κ1) is 20.1. The van der Waals surface area contributed by atoms with Gasteiger partial charge in [-0.15, -0.1) is 0 Å². The van der Waals surface area contributed by atoms with Crippen LogP contribution in [0.3, 0.4) is 0 Å². The van der Waals surface area contributed by atoms with Gasteiger partial charge in [0.2, 0.25) is 0 Å². The van der Waals surface area contributed by atoms with E-state index in [0.717, 1.165) is 10.8 Å². The molecule has 0 saturated heterocycles. The maximum absolute atomic E-state index is 13.4. The van der Waals surface area contributed by atoms with Crippen LogP contribution >= 0.6 is 0 Å². The number of anilines is 2. The van der Waals surface area contributed by atoms with Gasteiger partial charge in [-0.1, -0.05) is 66.7 Å². The van der Waals surface area contributed by atoms with Crippen LogP contribution < -0.4 is 14.4 Å². The zero-order chi connectivity index (χ0) is 22.1. The smallest absolute Gasteiger partial charge is 0.267 e. The van der Waals surface area contributed by atoms with Crippen LogP contribution in [0.1, 0.15) is 0 Å². The Kier molecular flexibility index (Phi) is 5.03. The Hall–Kier alpha value is -3.84. The topological polar surface area (TPSA) is 75.7 Å². The van der Waals surface area contributed by atoms with Crippen LogP contribution in [0.15, 0.2) is 102 Å². The molecule has 0 aliphatic carbocycles. The van der Waals surface area contributed by atoms with Crippen LogP contribution in [0.5, 0.6) is 5.75 Å². The predicted molar refractivity (Wildman–Crippen MR) is 124 cm³/mol. The molecule has 32 heavy (non-hydrogen) atoms. The Labute approximate surface area is 186 Å². The third-order valence-corrected chi connectivity index (χ3v) is 7.20. The molecule has 5 rings (SSSR count). The van der Waals surface area contributed by atoms with Crippen LogP contribution in [0.4, 0.5) is 11.4 Å². The monoisotopic (exact) mass is 444 g/mol. The lowest BCUT2D eigenvalue weighted by molar-refractivity contribution is -0.122. The lowest BCUT2D eigenvalue weighted by Crippen LogP contribution is -2.48. The van der Waals surface area contributed by atoms with Gasteiger partial charge in [0.05, 0.1) is 17.1 Å². The molecule has 160 valence electrons. The van der Waals surface area contributed by atoms with Gasteiger partial charge in [-0.2, -0.15) is 0 Å². The van der Waals surface area contributed by atoms with E-state index in [1.807, 2.05) is 42.5 Å². The van der Waals surface area contributed by atoms with Gasteiger partial charge in [-0.25, -0.2) is 8.42 Å². The first-order valence-electron chi connectivity index (χ1n) is 10.2. The first-order chi connectivity index (χ1) is 15.5. The van der Waals surface area contributed by atoms with Crippen molar-refractivity contribution < 1.29 is 17.9 Å². The van der Waals surface area contributed by atoms with Crippen molar-refractivity contribution in [3.63, 3.8) is 0 Å². The minimum atomic E-state index is -3.88. The van der Waals surface area contributed by atoms with E-state index >= 15 is 0 Å². The van der Waals surface area contributed by atoms with Gasteiger partial charge in [0.25, 0.3) is 15.9 Å². The maximum atomic E-state index is 13.4. The minimum absolute atomic E-state index is 0.134. The summed E-state index contributed by atoms with van der Waals surface area (Å²) in [6, 6.07) is 28.4. The number of carbonyl (C=O) groups excluding carboxylic acids is 1. The molecule has 1 N–H and O–H groups in total. The summed E-state index contributed by atoms with van der Waals surface area (Å²) in [6.07, 6.45) is -1.01. The Bertz CT molecular complexity index is 1400. The highest BCUT2D eigenvalue weighted by Gasteiger charge is 2.37. The number of fused-ring (bicyclic) bond motifs is 2. The van der Waals surface area contributed by atoms with E-state index in [0.29, 0.717) is 17.1 Å². The zero-order valence-corrected chi connectivity index (χ0v) is 17.8. The van der Waals surface area contributed by atoms with Crippen molar-refractivity contribution in [3.05, 3.63) is 97.1 Å². The van der Waals surface area contributed by atoms with Crippen molar-refractivity contribution in [2.45, 2.75) is 11.0 Å². The number of carbonyl (C=O) groups is 1. The summed E-state index contributed by atoms with van der Waals surface area (Å²) in [5, 5.41) is 4.80. The largest absolute Gasteiger partial charge is 0.476 e. The fraction of sp³-hybridized carbons (Fsp3) is 0.0800. The van der Waals surface area contributed by atoms with Gasteiger partial charge < -0.3 is 10.1 Å². The molecule has 0 fully saturated rings. The van der Waals surface area contributed by atoms with Crippen molar-refractivity contribution in [2.75, 3.05) is 16.2 Å². The van der Waals surface area contributed by atoms with Crippen molar-refractivity contribution >= 4 is 38.1 Å². The number of sulfonamides is 1. The maximum Gasteiger partial charge on any atom is 0.267 e. The molecule has 4 aromatic carbocycles. The summed E-state index contributed by atoms with van der Waals surface area (Å²) in [6.45, 7) is -0.134. The van der Waals surface area contributed by atoms with E-state index in [4.69, 9.17) is 4.74 Å². The van der Waals surface area contributed by atoms with E-state index in [-0.39, 0.29) is 11.4 Å². The van der Waals surface area contributed by atoms with Crippen molar-refractivity contribution in [2.24, 2.45) is 0 Å². The lowest BCUT2D eigenvalue weighted by atomic mass is 10.1. The second-order valence-corrected chi connectivity index (χ2v) is 9.30. The van der Waals surface area contributed by atoms with E-state index < -0.39 is 22.0 Å². The van der Waals surface area contributed by atoms with E-state index in [1.54, 1.807) is 54.6 Å². The predicted octanol–water partition coefficient (Wildman–Crippen LogP) is 4.43. The highest BCUT2D eigenvalue weighted by Crippen LogP contribution is 2.37. The molecule has 0 saturated carbocycles. The molecule has 4 aromatic rings. The average Bonchev–Trinajstić information content (AvgIpc) is 2.84. The number of ether oxygens (including phenoxy) is 1. The molecule has 6 nitrogen and oxygen atoms in total. The summed E-state index contributed by atoms with van der Waals surface area (Å²) in [7, 11) is -3.88. The Morgan fingerprint density at radius 1 is 0.844 bits per heavy atom. The molecule has 0 radical (unpaired) electrons. The van der Waals surface area contributed by atoms with Crippen LogP contribution in [0.2, 0.25) is 0 Å². The molecular weight excluding hydrogens is 424 g/mol. The molecule has 1 aliphatic heterocycles. The number of hydrogen-bond donors (Lipinski definition) is 1. The molecule has 7 heteroatoms. The van der Waals surface area contributed by atoms with Gasteiger partial charge in [0, 0.05) is 11.1 Å². The van der Waals surface area contributed by atoms with Gasteiger partial charge in [0.1, 0.15) is 5.75 Å². The average molecular weight is 445 g/mol. The Morgan fingerprint density at radius 3 is 2.38 bits per heavy atom. The van der Waals surface area contributed by atoms with Crippen molar-refractivity contribution in [1.82, 2.24) is 0 Å². The molecule has 1 unspecified atom stereocenters. The van der Waals surface area contributed by atoms with E-state index in [2.05, 4.69) is 5.32 Å². The number of para-hydroxylation sites is 2. The standard InChI is InChI=1S/C25H20N2O4S/c28-25(26-21-14-8-10-18-9-4-5-13-20(18)21)24-17-27(22-15-6-7-16-23(22)31-24)32(29,30)19-11-2-1-3-12-19/h1-16,24H,17H2,(H,26,28). The second-order valence-electron chi connectivity index (χ2n) is 7.44. The lowest BCUT2D eigenvalue weighted by Gasteiger charge is -2.34. The summed E-state index contributed by atoms with van der Waals surface area (Å²) in [5.41, 5.74) is 1.05. The van der Waals surface area contributed by atoms with Gasteiger partial charge in [-0.05, 0) is 35.7 Å². The third-order valence-electron chi connectivity index (χ3n) is 5.41. The number of hydrogen-bond acceptors (Lipinski definition) is 4. The quantitative estimate of drug-likeness (QED) is 0.505. The summed E-state index contributed by atoms with van der Waals surface area (Å²) in [4.78, 5) is 13.3. The number of benzene rings is 4. The zero-order valence-electron chi connectivity index (χ0n) is 17.0. The van der Waals surface area contributed by atoms with Crippen LogP contribution in [-0.2, 0) is 14.8 Å². The Balaban J connectivity index is 1.49. The molecule has 0 bridgehead atoms. The van der Waals surface area contributed by atoms with Crippen LogP contribution in [0.25, 0.3) is 10.8 Å². The molecule has 1 aliphatic rings. The van der Waals surface area contributed by atoms with Gasteiger partial charge in [-0.3, -0.25) is 9.10 Å².